The Morgan fingerprint density at radius 3 is 2.55 bits per heavy atom. The van der Waals surface area contributed by atoms with E-state index in [2.05, 4.69) is 4.98 Å². The van der Waals surface area contributed by atoms with Crippen LogP contribution in [0.3, 0.4) is 0 Å². The van der Waals surface area contributed by atoms with Crippen molar-refractivity contribution in [2.45, 2.75) is 13.5 Å². The van der Waals surface area contributed by atoms with Gasteiger partial charge in [0.1, 0.15) is 5.69 Å². The fourth-order valence-corrected chi connectivity index (χ4v) is 2.26. The maximum absolute atomic E-state index is 12.6. The Hall–Kier alpha value is -2.27. The number of aliphatic carboxylic acids is 1. The lowest BCUT2D eigenvalue weighted by Crippen LogP contribution is -2.36. The molecule has 0 aliphatic rings. The molecule has 1 unspecified atom stereocenters. The van der Waals surface area contributed by atoms with E-state index in [-0.39, 0.29) is 12.5 Å². The van der Waals surface area contributed by atoms with Gasteiger partial charge in [-0.15, -0.1) is 0 Å². The van der Waals surface area contributed by atoms with Crippen molar-refractivity contribution in [3.8, 4) is 0 Å². The van der Waals surface area contributed by atoms with E-state index in [0.29, 0.717) is 17.3 Å². The summed E-state index contributed by atoms with van der Waals surface area (Å²) in [5.41, 5.74) is 1.28. The van der Waals surface area contributed by atoms with Crippen LogP contribution in [0, 0.1) is 5.92 Å². The van der Waals surface area contributed by atoms with Crippen LogP contribution in [0.1, 0.15) is 23.0 Å². The van der Waals surface area contributed by atoms with Gasteiger partial charge in [0.05, 0.1) is 10.9 Å². The average molecular weight is 321 g/mol. The van der Waals surface area contributed by atoms with Gasteiger partial charge in [-0.25, -0.2) is 0 Å². The third-order valence-corrected chi connectivity index (χ3v) is 3.52. The molecule has 2 aromatic rings. The first-order valence-electron chi connectivity index (χ1n) is 6.87. The van der Waals surface area contributed by atoms with Gasteiger partial charge in [0.15, 0.2) is 0 Å². The number of nitrogens with one attached hydrogen (secondary N) is 1. The molecule has 0 saturated heterocycles. The highest BCUT2D eigenvalue weighted by Crippen LogP contribution is 2.15. The van der Waals surface area contributed by atoms with Gasteiger partial charge in [-0.3, -0.25) is 9.59 Å². The van der Waals surface area contributed by atoms with Crippen LogP contribution in [0.25, 0.3) is 0 Å². The smallest absolute Gasteiger partial charge is 0.308 e. The predicted octanol–water partition coefficient (Wildman–Crippen LogP) is 3.03. The Bertz CT molecular complexity index is 654. The largest absolute Gasteiger partial charge is 0.481 e. The van der Waals surface area contributed by atoms with Gasteiger partial charge in [-0.1, -0.05) is 48.9 Å². The summed E-state index contributed by atoms with van der Waals surface area (Å²) < 4.78 is 0. The van der Waals surface area contributed by atoms with E-state index in [1.54, 1.807) is 6.92 Å². The molecule has 1 aromatic carbocycles. The summed E-state index contributed by atoms with van der Waals surface area (Å²) in [4.78, 5) is 28.0. The lowest BCUT2D eigenvalue weighted by molar-refractivity contribution is -0.141. The number of hydrogen-bond donors (Lipinski definition) is 2. The number of hydrogen-bond acceptors (Lipinski definition) is 2. The minimum absolute atomic E-state index is 0.125. The normalized spacial score (nSPS) is 11.9. The molecular formula is C16H17ClN2O3. The van der Waals surface area contributed by atoms with Gasteiger partial charge in [0.25, 0.3) is 5.91 Å². The van der Waals surface area contributed by atoms with Crippen molar-refractivity contribution in [3.63, 3.8) is 0 Å². The summed E-state index contributed by atoms with van der Waals surface area (Å²) in [6.45, 7) is 2.04. The molecule has 2 N–H and O–H groups in total. The Balaban J connectivity index is 2.20. The molecule has 0 fully saturated rings. The van der Waals surface area contributed by atoms with Gasteiger partial charge < -0.3 is 15.0 Å². The third-order valence-electron chi connectivity index (χ3n) is 3.30. The molecule has 5 nitrogen and oxygen atoms in total. The number of H-pyrrole nitrogens is 1. The number of aromatic amines is 1. The van der Waals surface area contributed by atoms with Crippen molar-refractivity contribution in [3.05, 3.63) is 58.9 Å². The van der Waals surface area contributed by atoms with E-state index in [9.17, 15) is 9.59 Å². The molecule has 116 valence electrons. The molecule has 1 heterocycles. The Labute approximate surface area is 133 Å². The minimum Gasteiger partial charge on any atom is -0.481 e. The van der Waals surface area contributed by atoms with E-state index in [0.717, 1.165) is 5.56 Å². The number of carbonyl (C=O) groups excluding carboxylic acids is 1. The summed E-state index contributed by atoms with van der Waals surface area (Å²) >= 11 is 5.83. The molecule has 22 heavy (non-hydrogen) atoms. The molecule has 0 saturated carbocycles. The van der Waals surface area contributed by atoms with Crippen molar-refractivity contribution in [1.82, 2.24) is 9.88 Å². The van der Waals surface area contributed by atoms with Crippen molar-refractivity contribution in [1.29, 1.82) is 0 Å². The van der Waals surface area contributed by atoms with E-state index >= 15 is 0 Å². The van der Waals surface area contributed by atoms with E-state index in [4.69, 9.17) is 16.7 Å². The first-order valence-corrected chi connectivity index (χ1v) is 7.25. The first kappa shape index (κ1) is 16.1. The third kappa shape index (κ3) is 4.11. The highest BCUT2D eigenvalue weighted by atomic mass is 35.5. The first-order chi connectivity index (χ1) is 10.5. The molecule has 1 aromatic heterocycles. The number of aromatic nitrogens is 1. The molecule has 6 heteroatoms. The van der Waals surface area contributed by atoms with Gasteiger partial charge in [-0.2, -0.15) is 0 Å². The fraction of sp³-hybridized carbons (Fsp3) is 0.250. The van der Waals surface area contributed by atoms with Crippen LogP contribution in [-0.4, -0.2) is 33.4 Å². The zero-order valence-corrected chi connectivity index (χ0v) is 12.9. The minimum atomic E-state index is -0.935. The summed E-state index contributed by atoms with van der Waals surface area (Å²) in [6, 6.07) is 11.0. The number of nitrogens with zero attached hydrogens (tertiary/aromatic N) is 1. The van der Waals surface area contributed by atoms with E-state index in [1.807, 2.05) is 30.3 Å². The SMILES string of the molecule is CC(CN(Cc1ccccc1)C(=O)c1cc(Cl)c[nH]1)C(=O)O. The highest BCUT2D eigenvalue weighted by Gasteiger charge is 2.22. The molecule has 0 aliphatic carbocycles. The molecule has 0 bridgehead atoms. The van der Waals surface area contributed by atoms with Crippen LogP contribution in [0.4, 0.5) is 0 Å². The van der Waals surface area contributed by atoms with Gasteiger partial charge in [0.2, 0.25) is 0 Å². The molecule has 2 rings (SSSR count). The number of benzene rings is 1. The van der Waals surface area contributed by atoms with E-state index in [1.165, 1.54) is 17.2 Å². The molecular weight excluding hydrogens is 304 g/mol. The van der Waals surface area contributed by atoms with Crippen LogP contribution < -0.4 is 0 Å². The van der Waals surface area contributed by atoms with Crippen LogP contribution in [0.2, 0.25) is 5.02 Å². The fourth-order valence-electron chi connectivity index (χ4n) is 2.09. The second-order valence-electron chi connectivity index (χ2n) is 5.14. The van der Waals surface area contributed by atoms with Crippen molar-refractivity contribution in [2.24, 2.45) is 5.92 Å². The number of carbonyl (C=O) groups is 2. The number of carboxylic acids is 1. The maximum atomic E-state index is 12.6. The molecule has 0 aliphatic heterocycles. The zero-order valence-electron chi connectivity index (χ0n) is 12.1. The van der Waals surface area contributed by atoms with Crippen LogP contribution >= 0.6 is 11.6 Å². The molecule has 0 radical (unpaired) electrons. The van der Waals surface area contributed by atoms with Crippen molar-refractivity contribution < 1.29 is 14.7 Å². The second-order valence-corrected chi connectivity index (χ2v) is 5.58. The lowest BCUT2D eigenvalue weighted by Gasteiger charge is -2.24. The molecule has 0 spiro atoms. The van der Waals surface area contributed by atoms with Gasteiger partial charge in [0, 0.05) is 19.3 Å². The predicted molar refractivity (Wildman–Crippen MR) is 83.8 cm³/mol. The molecule has 1 amide bonds. The molecule has 1 atom stereocenters. The van der Waals surface area contributed by atoms with Crippen LogP contribution in [0.15, 0.2) is 42.6 Å². The van der Waals surface area contributed by atoms with Crippen LogP contribution in [-0.2, 0) is 11.3 Å². The summed E-state index contributed by atoms with van der Waals surface area (Å²) in [5, 5.41) is 9.53. The maximum Gasteiger partial charge on any atom is 0.308 e. The Morgan fingerprint density at radius 1 is 1.32 bits per heavy atom. The van der Waals surface area contributed by atoms with E-state index < -0.39 is 11.9 Å². The number of carboxylic acid groups (broad SMARTS) is 1. The topological polar surface area (TPSA) is 73.4 Å². The van der Waals surface area contributed by atoms with Crippen LogP contribution in [0.5, 0.6) is 0 Å². The number of rotatable bonds is 6. The highest BCUT2D eigenvalue weighted by molar-refractivity contribution is 6.30. The summed E-state index contributed by atoms with van der Waals surface area (Å²) in [5.74, 6) is -1.86. The standard InChI is InChI=1S/C16H17ClN2O3/c1-11(16(21)22)9-19(10-12-5-3-2-4-6-12)15(20)14-7-13(17)8-18-14/h2-8,11,18H,9-10H2,1H3,(H,21,22). The lowest BCUT2D eigenvalue weighted by atomic mass is 10.1. The van der Waals surface area contributed by atoms with Gasteiger partial charge in [-0.05, 0) is 11.6 Å². The number of amides is 1. The average Bonchev–Trinajstić information content (AvgIpc) is 2.93. The number of halogens is 1. The van der Waals surface area contributed by atoms with Gasteiger partial charge >= 0.3 is 5.97 Å². The van der Waals surface area contributed by atoms with Crippen molar-refractivity contribution in [2.75, 3.05) is 6.54 Å². The second kappa shape index (κ2) is 7.13. The Kier molecular flexibility index (Phi) is 5.22. The quantitative estimate of drug-likeness (QED) is 0.859. The zero-order chi connectivity index (χ0) is 16.1. The monoisotopic (exact) mass is 320 g/mol. The van der Waals surface area contributed by atoms with Crippen molar-refractivity contribution >= 4 is 23.5 Å². The summed E-state index contributed by atoms with van der Waals surface area (Å²) in [6.07, 6.45) is 1.52. The Morgan fingerprint density at radius 2 is 2.00 bits per heavy atom. The summed E-state index contributed by atoms with van der Waals surface area (Å²) in [7, 11) is 0.